The van der Waals surface area contributed by atoms with E-state index in [1.165, 1.54) is 11.8 Å². The maximum atomic E-state index is 12.3. The van der Waals surface area contributed by atoms with Crippen molar-refractivity contribution in [3.05, 3.63) is 59.6 Å². The first-order valence-corrected chi connectivity index (χ1v) is 10.2. The minimum Gasteiger partial charge on any atom is -0.369 e. The monoisotopic (exact) mass is 379 g/mol. The van der Waals surface area contributed by atoms with Crippen molar-refractivity contribution in [1.29, 1.82) is 0 Å². The molecule has 0 spiro atoms. The molecule has 7 heteroatoms. The Bertz CT molecular complexity index is 791. The summed E-state index contributed by atoms with van der Waals surface area (Å²) in [4.78, 5) is 4.75. The summed E-state index contributed by atoms with van der Waals surface area (Å²) in [7, 11) is -3.56. The Morgan fingerprint density at radius 2 is 1.56 bits per heavy atom. The molecule has 0 amide bonds. The average Bonchev–Trinajstić information content (AvgIpc) is 2.63. The van der Waals surface area contributed by atoms with Crippen LogP contribution in [0.15, 0.2) is 59.5 Å². The highest BCUT2D eigenvalue weighted by atomic mass is 35.5. The molecule has 1 heterocycles. The first kappa shape index (κ1) is 18.2. The number of nitrogens with zero attached hydrogens (tertiary/aromatic N) is 2. The minimum absolute atomic E-state index is 0.130. The number of anilines is 1. The van der Waals surface area contributed by atoms with Crippen molar-refractivity contribution in [3.63, 3.8) is 0 Å². The Morgan fingerprint density at radius 1 is 0.920 bits per heavy atom. The van der Waals surface area contributed by atoms with E-state index in [1.807, 2.05) is 18.2 Å². The van der Waals surface area contributed by atoms with Crippen LogP contribution >= 0.6 is 11.6 Å². The lowest BCUT2D eigenvalue weighted by atomic mass is 10.2. The van der Waals surface area contributed by atoms with Gasteiger partial charge in [-0.05, 0) is 24.3 Å². The van der Waals surface area contributed by atoms with Crippen LogP contribution in [0.25, 0.3) is 0 Å². The summed E-state index contributed by atoms with van der Waals surface area (Å²) >= 11 is 5.98. The Hall–Kier alpha value is -1.60. The van der Waals surface area contributed by atoms with Crippen LogP contribution in [0, 0.1) is 0 Å². The summed E-state index contributed by atoms with van der Waals surface area (Å²) in [5.74, 6) is 0. The van der Waals surface area contributed by atoms with E-state index in [1.54, 1.807) is 18.2 Å². The molecular weight excluding hydrogens is 358 g/mol. The van der Waals surface area contributed by atoms with Gasteiger partial charge in [0.2, 0.25) is 10.0 Å². The molecule has 0 aromatic heterocycles. The molecule has 2 aromatic rings. The van der Waals surface area contributed by atoms with Crippen molar-refractivity contribution in [1.82, 2.24) is 9.62 Å². The van der Waals surface area contributed by atoms with Crippen molar-refractivity contribution in [2.45, 2.75) is 4.90 Å². The van der Waals surface area contributed by atoms with Gasteiger partial charge in [-0.25, -0.2) is 13.1 Å². The van der Waals surface area contributed by atoms with Gasteiger partial charge in [0.1, 0.15) is 4.90 Å². The lowest BCUT2D eigenvalue weighted by Gasteiger charge is -2.36. The van der Waals surface area contributed by atoms with E-state index >= 15 is 0 Å². The second-order valence-electron chi connectivity index (χ2n) is 5.99. The molecule has 1 saturated heterocycles. The number of benzene rings is 2. The summed E-state index contributed by atoms with van der Waals surface area (Å²) in [6.45, 7) is 4.79. The maximum absolute atomic E-state index is 12.3. The highest BCUT2D eigenvalue weighted by Crippen LogP contribution is 2.20. The zero-order valence-corrected chi connectivity index (χ0v) is 15.5. The summed E-state index contributed by atoms with van der Waals surface area (Å²) in [6.07, 6.45) is 0. The van der Waals surface area contributed by atoms with Gasteiger partial charge in [-0.15, -0.1) is 0 Å². The van der Waals surface area contributed by atoms with Crippen LogP contribution in [0.3, 0.4) is 0 Å². The lowest BCUT2D eigenvalue weighted by molar-refractivity contribution is 0.262. The molecule has 0 saturated carbocycles. The molecule has 0 aliphatic carbocycles. The Balaban J connectivity index is 1.47. The molecule has 1 N–H and O–H groups in total. The number of para-hydroxylation sites is 1. The van der Waals surface area contributed by atoms with Gasteiger partial charge >= 0.3 is 0 Å². The molecule has 3 rings (SSSR count). The van der Waals surface area contributed by atoms with Gasteiger partial charge in [-0.2, -0.15) is 0 Å². The maximum Gasteiger partial charge on any atom is 0.242 e. The average molecular weight is 380 g/mol. The summed E-state index contributed by atoms with van der Waals surface area (Å²) in [5.41, 5.74) is 1.24. The lowest BCUT2D eigenvalue weighted by Crippen LogP contribution is -2.48. The van der Waals surface area contributed by atoms with Gasteiger partial charge in [0.15, 0.2) is 0 Å². The van der Waals surface area contributed by atoms with E-state index < -0.39 is 10.0 Å². The second kappa shape index (κ2) is 8.19. The number of piperazine rings is 1. The Kier molecular flexibility index (Phi) is 5.96. The molecule has 25 heavy (non-hydrogen) atoms. The van der Waals surface area contributed by atoms with E-state index in [-0.39, 0.29) is 9.92 Å². The van der Waals surface area contributed by atoms with Crippen LogP contribution in [-0.2, 0) is 10.0 Å². The molecule has 2 aromatic carbocycles. The van der Waals surface area contributed by atoms with Gasteiger partial charge in [-0.1, -0.05) is 41.9 Å². The van der Waals surface area contributed by atoms with Crippen molar-refractivity contribution in [2.75, 3.05) is 44.2 Å². The number of halogens is 1. The molecule has 0 radical (unpaired) electrons. The third-order valence-electron chi connectivity index (χ3n) is 4.34. The molecule has 0 atom stereocenters. The highest BCUT2D eigenvalue weighted by molar-refractivity contribution is 7.89. The van der Waals surface area contributed by atoms with Gasteiger partial charge < -0.3 is 4.90 Å². The largest absolute Gasteiger partial charge is 0.369 e. The Labute approximate surface area is 154 Å². The molecule has 1 fully saturated rings. The molecular formula is C18H22ClN3O2S. The SMILES string of the molecule is O=S(=O)(NCCN1CCN(c2ccccc2)CC1)c1ccccc1Cl. The van der Waals surface area contributed by atoms with Crippen LogP contribution in [0.2, 0.25) is 5.02 Å². The zero-order valence-electron chi connectivity index (χ0n) is 13.9. The fourth-order valence-electron chi connectivity index (χ4n) is 2.95. The first-order valence-electron chi connectivity index (χ1n) is 8.33. The number of sulfonamides is 1. The minimum atomic E-state index is -3.56. The van der Waals surface area contributed by atoms with E-state index in [9.17, 15) is 8.42 Å². The van der Waals surface area contributed by atoms with Crippen molar-refractivity contribution in [2.24, 2.45) is 0 Å². The van der Waals surface area contributed by atoms with E-state index in [0.29, 0.717) is 13.1 Å². The predicted octanol–water partition coefficient (Wildman–Crippen LogP) is 2.44. The van der Waals surface area contributed by atoms with Gasteiger partial charge in [0.25, 0.3) is 0 Å². The van der Waals surface area contributed by atoms with Crippen molar-refractivity contribution in [3.8, 4) is 0 Å². The number of hydrogen-bond acceptors (Lipinski definition) is 4. The quantitative estimate of drug-likeness (QED) is 0.837. The van der Waals surface area contributed by atoms with Crippen LogP contribution in [0.4, 0.5) is 5.69 Å². The summed E-state index contributed by atoms with van der Waals surface area (Å²) in [5, 5.41) is 0.242. The van der Waals surface area contributed by atoms with Gasteiger partial charge in [0.05, 0.1) is 5.02 Å². The van der Waals surface area contributed by atoms with Crippen molar-refractivity contribution >= 4 is 27.3 Å². The highest BCUT2D eigenvalue weighted by Gasteiger charge is 2.19. The number of rotatable bonds is 6. The predicted molar refractivity (Wildman–Crippen MR) is 102 cm³/mol. The molecule has 1 aliphatic rings. The summed E-state index contributed by atoms with van der Waals surface area (Å²) < 4.78 is 27.3. The third-order valence-corrected chi connectivity index (χ3v) is 6.30. The van der Waals surface area contributed by atoms with Gasteiger partial charge in [-0.3, -0.25) is 4.90 Å². The molecule has 0 bridgehead atoms. The fraction of sp³-hybridized carbons (Fsp3) is 0.333. The standard InChI is InChI=1S/C18H22ClN3O2S/c19-17-8-4-5-9-18(17)25(23,24)20-10-11-21-12-14-22(15-13-21)16-6-2-1-3-7-16/h1-9,20H,10-15H2. The number of nitrogens with one attached hydrogen (secondary N) is 1. The second-order valence-corrected chi connectivity index (χ2v) is 8.14. The van der Waals surface area contributed by atoms with Gasteiger partial charge in [0, 0.05) is 45.0 Å². The number of hydrogen-bond donors (Lipinski definition) is 1. The normalized spacial score (nSPS) is 16.1. The van der Waals surface area contributed by atoms with Crippen LogP contribution in [0.5, 0.6) is 0 Å². The van der Waals surface area contributed by atoms with Crippen molar-refractivity contribution < 1.29 is 8.42 Å². The zero-order chi connectivity index (χ0) is 17.7. The van der Waals surface area contributed by atoms with E-state index in [4.69, 9.17) is 11.6 Å². The molecule has 0 unspecified atom stereocenters. The molecule has 1 aliphatic heterocycles. The summed E-state index contributed by atoms with van der Waals surface area (Å²) in [6, 6.07) is 16.8. The van der Waals surface area contributed by atoms with Crippen LogP contribution in [-0.4, -0.2) is 52.6 Å². The Morgan fingerprint density at radius 3 is 2.24 bits per heavy atom. The molecule has 134 valence electrons. The van der Waals surface area contributed by atoms with Crippen LogP contribution < -0.4 is 9.62 Å². The third kappa shape index (κ3) is 4.73. The first-order chi connectivity index (χ1) is 12.1. The fourth-order valence-corrected chi connectivity index (χ4v) is 4.49. The van der Waals surface area contributed by atoms with Crippen LogP contribution in [0.1, 0.15) is 0 Å². The molecule has 5 nitrogen and oxygen atoms in total. The smallest absolute Gasteiger partial charge is 0.242 e. The van der Waals surface area contributed by atoms with E-state index in [0.717, 1.165) is 26.2 Å². The van der Waals surface area contributed by atoms with E-state index in [2.05, 4.69) is 26.7 Å². The topological polar surface area (TPSA) is 52.7 Å².